The summed E-state index contributed by atoms with van der Waals surface area (Å²) in [7, 11) is 1.39. The lowest BCUT2D eigenvalue weighted by molar-refractivity contribution is -0.385. The fraction of sp³-hybridized carbons (Fsp3) is 0.333. The molecule has 1 aliphatic rings. The molecule has 1 heterocycles. The zero-order chi connectivity index (χ0) is 14.9. The Kier molecular flexibility index (Phi) is 3.75. The number of hydrogen-bond acceptors (Lipinski definition) is 5. The zero-order valence-corrected chi connectivity index (χ0v) is 10.6. The van der Waals surface area contributed by atoms with Crippen LogP contribution >= 0.6 is 0 Å². The number of likely N-dealkylation sites (tertiary alicyclic amines) is 1. The van der Waals surface area contributed by atoms with Gasteiger partial charge in [-0.05, 0) is 11.6 Å². The van der Waals surface area contributed by atoms with Crippen LogP contribution in [0.2, 0.25) is 0 Å². The highest BCUT2D eigenvalue weighted by atomic mass is 19.1. The van der Waals surface area contributed by atoms with Gasteiger partial charge < -0.3 is 5.32 Å². The molecule has 2 amide bonds. The first kappa shape index (κ1) is 14.1. The van der Waals surface area contributed by atoms with E-state index in [4.69, 9.17) is 0 Å². The Hall–Kier alpha value is -2.35. The first-order valence-electron chi connectivity index (χ1n) is 5.86. The number of non-ortho nitro benzene ring substituents is 1. The van der Waals surface area contributed by atoms with E-state index >= 15 is 0 Å². The maximum atomic E-state index is 13.2. The number of hydrogen-bond donors (Lipinski definition) is 1. The number of nitro groups is 1. The van der Waals surface area contributed by atoms with E-state index in [2.05, 4.69) is 5.32 Å². The summed E-state index contributed by atoms with van der Waals surface area (Å²) in [5, 5.41) is 13.4. The smallest absolute Gasteiger partial charge is 0.272 e. The van der Waals surface area contributed by atoms with Gasteiger partial charge >= 0.3 is 0 Å². The quantitative estimate of drug-likeness (QED) is 0.495. The predicted molar refractivity (Wildman–Crippen MR) is 66.1 cm³/mol. The second-order valence-corrected chi connectivity index (χ2v) is 4.50. The zero-order valence-electron chi connectivity index (χ0n) is 10.6. The van der Waals surface area contributed by atoms with Gasteiger partial charge in [-0.15, -0.1) is 0 Å². The molecule has 2 rings (SSSR count). The van der Waals surface area contributed by atoms with E-state index < -0.39 is 16.8 Å². The Morgan fingerprint density at radius 3 is 2.70 bits per heavy atom. The van der Waals surface area contributed by atoms with Crippen molar-refractivity contribution in [2.45, 2.75) is 19.0 Å². The third-order valence-corrected chi connectivity index (χ3v) is 3.09. The van der Waals surface area contributed by atoms with Crippen LogP contribution in [0.4, 0.5) is 10.1 Å². The van der Waals surface area contributed by atoms with E-state index in [0.29, 0.717) is 5.56 Å². The van der Waals surface area contributed by atoms with Crippen LogP contribution in [0.15, 0.2) is 18.2 Å². The van der Waals surface area contributed by atoms with Crippen molar-refractivity contribution in [3.63, 3.8) is 0 Å². The molecule has 1 atom stereocenters. The minimum absolute atomic E-state index is 0.0345. The molecule has 1 saturated heterocycles. The van der Waals surface area contributed by atoms with Crippen molar-refractivity contribution in [1.82, 2.24) is 10.2 Å². The lowest BCUT2D eigenvalue weighted by Crippen LogP contribution is -2.36. The van der Waals surface area contributed by atoms with E-state index in [-0.39, 0.29) is 30.5 Å². The van der Waals surface area contributed by atoms with Crippen LogP contribution in [0.1, 0.15) is 12.0 Å². The van der Waals surface area contributed by atoms with E-state index in [1.807, 2.05) is 0 Å². The summed E-state index contributed by atoms with van der Waals surface area (Å²) in [6, 6.07) is 2.52. The third-order valence-electron chi connectivity index (χ3n) is 3.09. The molecule has 0 radical (unpaired) electrons. The highest BCUT2D eigenvalue weighted by molar-refractivity contribution is 6.05. The number of rotatable bonds is 4. The van der Waals surface area contributed by atoms with Gasteiger partial charge in [0.2, 0.25) is 11.8 Å². The molecule has 0 aliphatic carbocycles. The van der Waals surface area contributed by atoms with Gasteiger partial charge in [-0.2, -0.15) is 0 Å². The Bertz CT molecular complexity index is 590. The van der Waals surface area contributed by atoms with Gasteiger partial charge in [0.25, 0.3) is 5.69 Å². The van der Waals surface area contributed by atoms with Gasteiger partial charge in [0.15, 0.2) is 0 Å². The topological polar surface area (TPSA) is 92.6 Å². The monoisotopic (exact) mass is 281 g/mol. The molecule has 1 N–H and O–H groups in total. The second kappa shape index (κ2) is 5.33. The molecule has 0 spiro atoms. The molecule has 8 heteroatoms. The number of carbonyl (C=O) groups excluding carboxylic acids is 2. The summed E-state index contributed by atoms with van der Waals surface area (Å²) in [5.41, 5.74) is -0.0146. The molecule has 1 unspecified atom stereocenters. The normalized spacial score (nSPS) is 18.7. The standard InChI is InChI=1S/C12H12FN3O4/c1-15-11(17)5-10(12(15)18)14-6-7-2-8(13)4-9(3-7)16(19)20/h2-4,10,14H,5-6H2,1H3. The van der Waals surface area contributed by atoms with Crippen molar-refractivity contribution in [3.8, 4) is 0 Å². The molecule has 0 aromatic heterocycles. The summed E-state index contributed by atoms with van der Waals surface area (Å²) in [4.78, 5) is 33.9. The van der Waals surface area contributed by atoms with Crippen LogP contribution in [-0.4, -0.2) is 34.7 Å². The van der Waals surface area contributed by atoms with Gasteiger partial charge in [-0.3, -0.25) is 24.6 Å². The van der Waals surface area contributed by atoms with Crippen LogP contribution in [0.25, 0.3) is 0 Å². The summed E-state index contributed by atoms with van der Waals surface area (Å²) < 4.78 is 13.2. The molecular formula is C12H12FN3O4. The number of imide groups is 1. The molecule has 1 aliphatic heterocycles. The summed E-state index contributed by atoms with van der Waals surface area (Å²) in [6.07, 6.45) is 0.0345. The molecule has 1 aromatic rings. The fourth-order valence-corrected chi connectivity index (χ4v) is 2.00. The Morgan fingerprint density at radius 1 is 1.45 bits per heavy atom. The van der Waals surface area contributed by atoms with Gasteiger partial charge in [-0.25, -0.2) is 4.39 Å². The average Bonchev–Trinajstić information content (AvgIpc) is 2.63. The highest BCUT2D eigenvalue weighted by Gasteiger charge is 2.35. The third kappa shape index (κ3) is 2.80. The van der Waals surface area contributed by atoms with Crippen molar-refractivity contribution in [2.24, 2.45) is 0 Å². The van der Waals surface area contributed by atoms with Crippen molar-refractivity contribution < 1.29 is 18.9 Å². The highest BCUT2D eigenvalue weighted by Crippen LogP contribution is 2.17. The lowest BCUT2D eigenvalue weighted by Gasteiger charge is -2.11. The number of likely N-dealkylation sites (N-methyl/N-ethyl adjacent to an activating group) is 1. The molecule has 7 nitrogen and oxygen atoms in total. The Labute approximate surface area is 113 Å². The van der Waals surface area contributed by atoms with Crippen molar-refractivity contribution >= 4 is 17.5 Å². The van der Waals surface area contributed by atoms with E-state index in [1.165, 1.54) is 13.1 Å². The number of amides is 2. The van der Waals surface area contributed by atoms with Crippen LogP contribution in [0.5, 0.6) is 0 Å². The summed E-state index contributed by atoms with van der Waals surface area (Å²) in [5.74, 6) is -1.37. The number of halogens is 1. The van der Waals surface area contributed by atoms with Crippen LogP contribution in [-0.2, 0) is 16.1 Å². The molecular weight excluding hydrogens is 269 g/mol. The Balaban J connectivity index is 2.06. The number of nitrogens with zero attached hydrogens (tertiary/aromatic N) is 2. The molecule has 0 saturated carbocycles. The maximum Gasteiger partial charge on any atom is 0.272 e. The first-order valence-corrected chi connectivity index (χ1v) is 5.86. The lowest BCUT2D eigenvalue weighted by atomic mass is 10.1. The van der Waals surface area contributed by atoms with Crippen LogP contribution < -0.4 is 5.32 Å². The van der Waals surface area contributed by atoms with Crippen LogP contribution in [0, 0.1) is 15.9 Å². The molecule has 106 valence electrons. The number of benzene rings is 1. The minimum Gasteiger partial charge on any atom is -0.301 e. The fourth-order valence-electron chi connectivity index (χ4n) is 2.00. The van der Waals surface area contributed by atoms with E-state index in [0.717, 1.165) is 17.0 Å². The maximum absolute atomic E-state index is 13.2. The summed E-state index contributed by atoms with van der Waals surface area (Å²) in [6.45, 7) is 0.0656. The molecule has 0 bridgehead atoms. The van der Waals surface area contributed by atoms with Crippen molar-refractivity contribution in [3.05, 3.63) is 39.7 Å². The van der Waals surface area contributed by atoms with E-state index in [1.54, 1.807) is 0 Å². The van der Waals surface area contributed by atoms with Crippen molar-refractivity contribution in [2.75, 3.05) is 7.05 Å². The van der Waals surface area contributed by atoms with E-state index in [9.17, 15) is 24.1 Å². The summed E-state index contributed by atoms with van der Waals surface area (Å²) >= 11 is 0. The van der Waals surface area contributed by atoms with Gasteiger partial charge in [0.1, 0.15) is 5.82 Å². The van der Waals surface area contributed by atoms with Gasteiger partial charge in [-0.1, -0.05) is 0 Å². The first-order chi connectivity index (χ1) is 9.38. The van der Waals surface area contributed by atoms with Crippen LogP contribution in [0.3, 0.4) is 0 Å². The van der Waals surface area contributed by atoms with Crippen molar-refractivity contribution in [1.29, 1.82) is 0 Å². The molecule has 20 heavy (non-hydrogen) atoms. The molecule has 1 fully saturated rings. The number of carbonyl (C=O) groups is 2. The second-order valence-electron chi connectivity index (χ2n) is 4.50. The molecule has 1 aromatic carbocycles. The average molecular weight is 281 g/mol. The minimum atomic E-state index is -0.720. The predicted octanol–water partition coefficient (Wildman–Crippen LogP) is 0.581. The van der Waals surface area contributed by atoms with Gasteiger partial charge in [0.05, 0.1) is 23.5 Å². The SMILES string of the molecule is CN1C(=O)CC(NCc2cc(F)cc([N+](=O)[O-])c2)C1=O. The number of nitrogens with one attached hydrogen (secondary N) is 1. The van der Waals surface area contributed by atoms with Gasteiger partial charge in [0, 0.05) is 19.7 Å². The Morgan fingerprint density at radius 2 is 2.15 bits per heavy atom. The largest absolute Gasteiger partial charge is 0.301 e. The number of nitro benzene ring substituents is 1.